The van der Waals surface area contributed by atoms with Gasteiger partial charge in [0, 0.05) is 21.9 Å². The fourth-order valence-corrected chi connectivity index (χ4v) is 4.66. The molecule has 3 heteroatoms. The summed E-state index contributed by atoms with van der Waals surface area (Å²) in [4.78, 5) is 14.0. The summed E-state index contributed by atoms with van der Waals surface area (Å²) in [5.74, 6) is 0.0131. The second-order valence-electron chi connectivity index (χ2n) is 8.61. The molecule has 0 aliphatic rings. The Balaban J connectivity index is 1.81. The first-order chi connectivity index (χ1) is 16.1. The summed E-state index contributed by atoms with van der Waals surface area (Å²) in [6.45, 7) is 4.12. The van der Waals surface area contributed by atoms with E-state index in [0.29, 0.717) is 11.1 Å². The van der Waals surface area contributed by atoms with E-state index in [9.17, 15) is 4.79 Å². The highest BCUT2D eigenvalue weighted by atomic mass is 16.1. The van der Waals surface area contributed by atoms with Gasteiger partial charge in [0.05, 0.1) is 22.1 Å². The smallest absolute Gasteiger partial charge is 0.195 e. The predicted molar refractivity (Wildman–Crippen MR) is 135 cm³/mol. The summed E-state index contributed by atoms with van der Waals surface area (Å²) in [6, 6.07) is 32.5. The third-order valence-corrected chi connectivity index (χ3v) is 6.35. The summed E-state index contributed by atoms with van der Waals surface area (Å²) >= 11 is 0. The molecule has 0 atom stereocenters. The average molecular weight is 427 g/mol. The van der Waals surface area contributed by atoms with Crippen LogP contribution >= 0.6 is 0 Å². The van der Waals surface area contributed by atoms with Crippen LogP contribution in [0.4, 0.5) is 0 Å². The van der Waals surface area contributed by atoms with Crippen LogP contribution in [0, 0.1) is 13.8 Å². The molecular weight excluding hydrogens is 404 g/mol. The average Bonchev–Trinajstić information content (AvgIpc) is 3.17. The summed E-state index contributed by atoms with van der Waals surface area (Å²) in [5, 5.41) is 6.94. The van der Waals surface area contributed by atoms with Crippen molar-refractivity contribution >= 4 is 33.1 Å². The number of nitrogens with zero attached hydrogens (tertiary/aromatic N) is 2. The number of hydrogen-bond acceptors (Lipinski definition) is 2. The number of rotatable bonds is 3. The van der Waals surface area contributed by atoms with Gasteiger partial charge in [0.1, 0.15) is 0 Å². The van der Waals surface area contributed by atoms with E-state index >= 15 is 0 Å². The highest BCUT2D eigenvalue weighted by Crippen LogP contribution is 2.39. The van der Waals surface area contributed by atoms with Crippen molar-refractivity contribution in [2.45, 2.75) is 13.8 Å². The predicted octanol–water partition coefficient (Wildman–Crippen LogP) is 7.16. The van der Waals surface area contributed by atoms with Gasteiger partial charge in [-0.3, -0.25) is 4.79 Å². The van der Waals surface area contributed by atoms with E-state index in [2.05, 4.69) is 37.3 Å². The molecule has 0 saturated carbocycles. The van der Waals surface area contributed by atoms with Crippen molar-refractivity contribution in [1.29, 1.82) is 0 Å². The van der Waals surface area contributed by atoms with Crippen molar-refractivity contribution in [3.63, 3.8) is 0 Å². The topological polar surface area (TPSA) is 34.4 Å². The Labute approximate surface area is 191 Å². The van der Waals surface area contributed by atoms with Crippen LogP contribution in [0.2, 0.25) is 0 Å². The first kappa shape index (κ1) is 19.4. The lowest BCUT2D eigenvalue weighted by Crippen LogP contribution is -2.04. The molecule has 0 fully saturated rings. The standard InChI is InChI=1S/C30H22N2O/c1-19-11-15-21(16-12-19)27-23-7-3-5-9-25(23)31-32-26-10-6-4-8-24(26)28(29(27)32)30(33)22-17-13-20(2)14-18-22/h3-18H,1-2H3. The molecule has 158 valence electrons. The van der Waals surface area contributed by atoms with Crippen molar-refractivity contribution in [3.05, 3.63) is 119 Å². The Hall–Kier alpha value is -4.24. The highest BCUT2D eigenvalue weighted by Gasteiger charge is 2.24. The van der Waals surface area contributed by atoms with Gasteiger partial charge in [0.15, 0.2) is 5.78 Å². The van der Waals surface area contributed by atoms with E-state index in [1.165, 1.54) is 5.56 Å². The molecule has 6 rings (SSSR count). The van der Waals surface area contributed by atoms with Gasteiger partial charge in [-0.15, -0.1) is 0 Å². The monoisotopic (exact) mass is 426 g/mol. The van der Waals surface area contributed by atoms with Crippen molar-refractivity contribution in [1.82, 2.24) is 9.61 Å². The number of carbonyl (C=O) groups is 1. The Morgan fingerprint density at radius 1 is 0.697 bits per heavy atom. The zero-order valence-electron chi connectivity index (χ0n) is 18.5. The number of hydrogen-bond donors (Lipinski definition) is 0. The molecule has 0 spiro atoms. The van der Waals surface area contributed by atoms with Crippen LogP contribution in [0.3, 0.4) is 0 Å². The summed E-state index contributed by atoms with van der Waals surface area (Å²) < 4.78 is 1.95. The van der Waals surface area contributed by atoms with E-state index in [0.717, 1.165) is 44.0 Å². The van der Waals surface area contributed by atoms with Crippen LogP contribution < -0.4 is 0 Å². The lowest BCUT2D eigenvalue weighted by atomic mass is 9.94. The number of fused-ring (bicyclic) bond motifs is 4. The molecule has 4 aromatic carbocycles. The summed E-state index contributed by atoms with van der Waals surface area (Å²) in [6.07, 6.45) is 0. The van der Waals surface area contributed by atoms with Crippen LogP contribution in [-0.4, -0.2) is 15.4 Å². The third kappa shape index (κ3) is 3.05. The number of para-hydroxylation sites is 1. The van der Waals surface area contributed by atoms with Gasteiger partial charge in [-0.05, 0) is 31.5 Å². The van der Waals surface area contributed by atoms with Crippen LogP contribution in [0.25, 0.3) is 38.4 Å². The number of aromatic nitrogens is 2. The molecule has 2 heterocycles. The summed E-state index contributed by atoms with van der Waals surface area (Å²) in [7, 11) is 0. The van der Waals surface area contributed by atoms with Gasteiger partial charge in [-0.2, -0.15) is 5.10 Å². The number of carbonyl (C=O) groups excluding carboxylic acids is 1. The minimum atomic E-state index is 0.0131. The zero-order valence-corrected chi connectivity index (χ0v) is 18.5. The summed E-state index contributed by atoms with van der Waals surface area (Å²) in [5.41, 5.74) is 8.50. The van der Waals surface area contributed by atoms with Gasteiger partial charge in [-0.25, -0.2) is 4.52 Å². The van der Waals surface area contributed by atoms with E-state index in [4.69, 9.17) is 5.10 Å². The van der Waals surface area contributed by atoms with Gasteiger partial charge in [0.2, 0.25) is 0 Å². The zero-order chi connectivity index (χ0) is 22.5. The normalized spacial score (nSPS) is 11.5. The van der Waals surface area contributed by atoms with Gasteiger partial charge >= 0.3 is 0 Å². The van der Waals surface area contributed by atoms with Crippen LogP contribution in [0.1, 0.15) is 27.0 Å². The molecule has 33 heavy (non-hydrogen) atoms. The van der Waals surface area contributed by atoms with Gasteiger partial charge in [-0.1, -0.05) is 96.1 Å². The van der Waals surface area contributed by atoms with Crippen molar-refractivity contribution in [2.75, 3.05) is 0 Å². The molecule has 0 amide bonds. The van der Waals surface area contributed by atoms with E-state index in [1.807, 2.05) is 78.2 Å². The maximum atomic E-state index is 14.0. The molecule has 0 unspecified atom stereocenters. The molecule has 2 aromatic heterocycles. The van der Waals surface area contributed by atoms with Crippen molar-refractivity contribution < 1.29 is 4.79 Å². The van der Waals surface area contributed by atoms with Crippen molar-refractivity contribution in [2.24, 2.45) is 0 Å². The van der Waals surface area contributed by atoms with Gasteiger partial charge in [0.25, 0.3) is 0 Å². The molecule has 0 saturated heterocycles. The molecule has 0 aliphatic heterocycles. The quantitative estimate of drug-likeness (QED) is 0.282. The Bertz CT molecular complexity index is 1670. The number of aryl methyl sites for hydroxylation is 2. The lowest BCUT2D eigenvalue weighted by molar-refractivity contribution is 0.104. The maximum absolute atomic E-state index is 14.0. The Morgan fingerprint density at radius 2 is 1.30 bits per heavy atom. The molecule has 0 N–H and O–H groups in total. The fraction of sp³-hybridized carbons (Fsp3) is 0.0667. The molecular formula is C30H22N2O. The Morgan fingerprint density at radius 3 is 2.03 bits per heavy atom. The van der Waals surface area contributed by atoms with E-state index in [1.54, 1.807) is 0 Å². The second kappa shape index (κ2) is 7.42. The fourth-order valence-electron chi connectivity index (χ4n) is 4.66. The van der Waals surface area contributed by atoms with E-state index < -0.39 is 0 Å². The third-order valence-electron chi connectivity index (χ3n) is 6.35. The minimum absolute atomic E-state index is 0.0131. The molecule has 6 aromatic rings. The van der Waals surface area contributed by atoms with Crippen LogP contribution in [-0.2, 0) is 0 Å². The van der Waals surface area contributed by atoms with Crippen molar-refractivity contribution in [3.8, 4) is 11.1 Å². The highest BCUT2D eigenvalue weighted by molar-refractivity contribution is 6.24. The van der Waals surface area contributed by atoms with Crippen LogP contribution in [0.5, 0.6) is 0 Å². The molecule has 0 aliphatic carbocycles. The SMILES string of the molecule is Cc1ccc(C(=O)c2c3ccccc3n3nc4ccccc4c(-c4ccc(C)cc4)c23)cc1. The largest absolute Gasteiger partial charge is 0.289 e. The Kier molecular flexibility index (Phi) is 4.37. The molecule has 0 bridgehead atoms. The first-order valence-electron chi connectivity index (χ1n) is 11.1. The molecule has 3 nitrogen and oxygen atoms in total. The first-order valence-corrected chi connectivity index (χ1v) is 11.1. The second-order valence-corrected chi connectivity index (χ2v) is 8.61. The lowest BCUT2D eigenvalue weighted by Gasteiger charge is -2.12. The number of ketones is 1. The maximum Gasteiger partial charge on any atom is 0.195 e. The molecule has 0 radical (unpaired) electrons. The van der Waals surface area contributed by atoms with E-state index in [-0.39, 0.29) is 5.78 Å². The van der Waals surface area contributed by atoms with Crippen LogP contribution in [0.15, 0.2) is 97.1 Å². The number of benzene rings is 4. The minimum Gasteiger partial charge on any atom is -0.289 e. The van der Waals surface area contributed by atoms with Gasteiger partial charge < -0.3 is 0 Å².